The molecule has 100 valence electrons. The Bertz CT molecular complexity index is 611. The minimum absolute atomic E-state index is 0.297. The summed E-state index contributed by atoms with van der Waals surface area (Å²) in [6.07, 6.45) is 0. The molecule has 0 spiro atoms. The minimum atomic E-state index is -0.928. The fourth-order valence-electron chi connectivity index (χ4n) is 1.69. The standard InChI is InChI=1S/C14H14ClNO2S/c1-14(2,3)11-10(13(17)18)19-12(16-11)8-4-6-9(15)7-5-8/h4-7H,1-3H3,(H,17,18). The summed E-state index contributed by atoms with van der Waals surface area (Å²) in [6.45, 7) is 5.88. The zero-order valence-corrected chi connectivity index (χ0v) is 12.5. The number of halogens is 1. The van der Waals surface area contributed by atoms with Crippen LogP contribution in [0.25, 0.3) is 10.6 Å². The lowest BCUT2D eigenvalue weighted by Crippen LogP contribution is -2.16. The number of rotatable bonds is 2. The Labute approximate surface area is 120 Å². The van der Waals surface area contributed by atoms with Gasteiger partial charge in [-0.05, 0) is 12.1 Å². The van der Waals surface area contributed by atoms with E-state index in [2.05, 4.69) is 4.98 Å². The Morgan fingerprint density at radius 3 is 2.26 bits per heavy atom. The lowest BCUT2D eigenvalue weighted by molar-refractivity contribution is 0.0699. The number of carboxylic acid groups (broad SMARTS) is 1. The predicted molar refractivity (Wildman–Crippen MR) is 78.2 cm³/mol. The number of hydrogen-bond donors (Lipinski definition) is 1. The second-order valence-electron chi connectivity index (χ2n) is 5.26. The minimum Gasteiger partial charge on any atom is -0.477 e. The molecular weight excluding hydrogens is 282 g/mol. The molecule has 1 N–H and O–H groups in total. The number of nitrogens with zero attached hydrogens (tertiary/aromatic N) is 1. The molecule has 0 atom stereocenters. The lowest BCUT2D eigenvalue weighted by atomic mass is 9.91. The van der Waals surface area contributed by atoms with Crippen molar-refractivity contribution in [2.45, 2.75) is 26.2 Å². The van der Waals surface area contributed by atoms with Crippen LogP contribution in [-0.2, 0) is 5.41 Å². The summed E-state index contributed by atoms with van der Waals surface area (Å²) < 4.78 is 0. The second-order valence-corrected chi connectivity index (χ2v) is 6.69. The quantitative estimate of drug-likeness (QED) is 0.890. The van der Waals surface area contributed by atoms with Crippen LogP contribution in [0.15, 0.2) is 24.3 Å². The SMILES string of the molecule is CC(C)(C)c1nc(-c2ccc(Cl)cc2)sc1C(=O)O. The van der Waals surface area contributed by atoms with E-state index >= 15 is 0 Å². The van der Waals surface area contributed by atoms with Gasteiger partial charge < -0.3 is 5.11 Å². The van der Waals surface area contributed by atoms with E-state index in [1.165, 1.54) is 11.3 Å². The number of benzene rings is 1. The number of hydrogen-bond acceptors (Lipinski definition) is 3. The van der Waals surface area contributed by atoms with Crippen molar-refractivity contribution in [2.75, 3.05) is 0 Å². The fraction of sp³-hybridized carbons (Fsp3) is 0.286. The van der Waals surface area contributed by atoms with Gasteiger partial charge in [-0.1, -0.05) is 44.5 Å². The largest absolute Gasteiger partial charge is 0.477 e. The molecule has 5 heteroatoms. The molecule has 0 bridgehead atoms. The summed E-state index contributed by atoms with van der Waals surface area (Å²) in [5.74, 6) is -0.928. The molecule has 0 saturated carbocycles. The van der Waals surface area contributed by atoms with Crippen LogP contribution in [0.3, 0.4) is 0 Å². The van der Waals surface area contributed by atoms with Gasteiger partial charge in [0.05, 0.1) is 5.69 Å². The van der Waals surface area contributed by atoms with Crippen LogP contribution in [0.5, 0.6) is 0 Å². The molecule has 1 aromatic carbocycles. The Morgan fingerprint density at radius 1 is 1.26 bits per heavy atom. The van der Waals surface area contributed by atoms with E-state index in [-0.39, 0.29) is 5.41 Å². The zero-order chi connectivity index (χ0) is 14.2. The van der Waals surface area contributed by atoms with E-state index in [9.17, 15) is 9.90 Å². The van der Waals surface area contributed by atoms with Crippen LogP contribution in [0, 0.1) is 0 Å². The molecule has 2 aromatic rings. The molecular formula is C14H14ClNO2S. The third kappa shape index (κ3) is 2.96. The number of carboxylic acids is 1. The van der Waals surface area contributed by atoms with Crippen LogP contribution in [0.1, 0.15) is 36.1 Å². The van der Waals surface area contributed by atoms with Crippen molar-refractivity contribution < 1.29 is 9.90 Å². The highest BCUT2D eigenvalue weighted by Gasteiger charge is 2.27. The third-order valence-electron chi connectivity index (χ3n) is 2.62. The molecule has 1 aromatic heterocycles. The van der Waals surface area contributed by atoms with Crippen molar-refractivity contribution in [1.82, 2.24) is 4.98 Å². The number of thiazole rings is 1. The smallest absolute Gasteiger partial charge is 0.347 e. The summed E-state index contributed by atoms with van der Waals surface area (Å²) in [5, 5.41) is 10.6. The van der Waals surface area contributed by atoms with Gasteiger partial charge in [-0.25, -0.2) is 9.78 Å². The van der Waals surface area contributed by atoms with Gasteiger partial charge in [0.15, 0.2) is 0 Å². The highest BCUT2D eigenvalue weighted by Crippen LogP contribution is 2.34. The predicted octanol–water partition coefficient (Wildman–Crippen LogP) is 4.46. The summed E-state index contributed by atoms with van der Waals surface area (Å²) in [7, 11) is 0. The molecule has 1 heterocycles. The average molecular weight is 296 g/mol. The zero-order valence-electron chi connectivity index (χ0n) is 10.9. The first-order chi connectivity index (χ1) is 8.79. The molecule has 0 fully saturated rings. The van der Waals surface area contributed by atoms with Gasteiger partial charge >= 0.3 is 5.97 Å². The molecule has 0 aliphatic heterocycles. The maximum absolute atomic E-state index is 11.3. The van der Waals surface area contributed by atoms with Gasteiger partial charge in [-0.15, -0.1) is 11.3 Å². The van der Waals surface area contributed by atoms with Crippen molar-refractivity contribution in [2.24, 2.45) is 0 Å². The van der Waals surface area contributed by atoms with E-state index in [1.807, 2.05) is 32.9 Å². The number of aromatic carboxylic acids is 1. The molecule has 3 nitrogen and oxygen atoms in total. The molecule has 19 heavy (non-hydrogen) atoms. The Kier molecular flexibility index (Phi) is 3.65. The highest BCUT2D eigenvalue weighted by molar-refractivity contribution is 7.17. The van der Waals surface area contributed by atoms with Crippen molar-refractivity contribution in [1.29, 1.82) is 0 Å². The van der Waals surface area contributed by atoms with Crippen molar-refractivity contribution in [3.05, 3.63) is 39.9 Å². The molecule has 0 saturated heterocycles. The van der Waals surface area contributed by atoms with E-state index in [1.54, 1.807) is 12.1 Å². The van der Waals surface area contributed by atoms with Crippen LogP contribution < -0.4 is 0 Å². The van der Waals surface area contributed by atoms with Gasteiger partial charge in [0.25, 0.3) is 0 Å². The lowest BCUT2D eigenvalue weighted by Gasteiger charge is -2.15. The average Bonchev–Trinajstić information content (AvgIpc) is 2.74. The normalized spacial score (nSPS) is 11.6. The molecule has 0 aliphatic carbocycles. The Hall–Kier alpha value is -1.39. The molecule has 0 unspecified atom stereocenters. The highest BCUT2D eigenvalue weighted by atomic mass is 35.5. The van der Waals surface area contributed by atoms with E-state index in [0.717, 1.165) is 5.56 Å². The molecule has 0 radical (unpaired) electrons. The van der Waals surface area contributed by atoms with Gasteiger partial charge in [-0.2, -0.15) is 0 Å². The summed E-state index contributed by atoms with van der Waals surface area (Å²) in [4.78, 5) is 16.1. The molecule has 0 amide bonds. The van der Waals surface area contributed by atoms with Crippen LogP contribution in [0.2, 0.25) is 5.02 Å². The number of aromatic nitrogens is 1. The first-order valence-corrected chi connectivity index (χ1v) is 6.99. The summed E-state index contributed by atoms with van der Waals surface area (Å²) in [5.41, 5.74) is 1.21. The first kappa shape index (κ1) is 14.0. The van der Waals surface area contributed by atoms with Crippen molar-refractivity contribution in [3.63, 3.8) is 0 Å². The summed E-state index contributed by atoms with van der Waals surface area (Å²) >= 11 is 7.05. The van der Waals surface area contributed by atoms with Crippen LogP contribution in [-0.4, -0.2) is 16.1 Å². The maximum atomic E-state index is 11.3. The third-order valence-corrected chi connectivity index (χ3v) is 3.97. The van der Waals surface area contributed by atoms with Gasteiger partial charge in [-0.3, -0.25) is 0 Å². The number of carbonyl (C=O) groups is 1. The molecule has 2 rings (SSSR count). The van der Waals surface area contributed by atoms with Gasteiger partial charge in [0.2, 0.25) is 0 Å². The van der Waals surface area contributed by atoms with E-state index < -0.39 is 5.97 Å². The van der Waals surface area contributed by atoms with Crippen molar-refractivity contribution >= 4 is 28.9 Å². The van der Waals surface area contributed by atoms with Crippen LogP contribution >= 0.6 is 22.9 Å². The van der Waals surface area contributed by atoms with E-state index in [4.69, 9.17) is 11.6 Å². The Morgan fingerprint density at radius 2 is 1.84 bits per heavy atom. The summed E-state index contributed by atoms with van der Waals surface area (Å²) in [6, 6.07) is 7.24. The van der Waals surface area contributed by atoms with Gasteiger partial charge in [0, 0.05) is 16.0 Å². The fourth-order valence-corrected chi connectivity index (χ4v) is 2.94. The monoisotopic (exact) mass is 295 g/mol. The van der Waals surface area contributed by atoms with Crippen LogP contribution in [0.4, 0.5) is 0 Å². The van der Waals surface area contributed by atoms with E-state index in [0.29, 0.717) is 20.6 Å². The Balaban J connectivity index is 2.55. The van der Waals surface area contributed by atoms with Crippen molar-refractivity contribution in [3.8, 4) is 10.6 Å². The molecule has 0 aliphatic rings. The van der Waals surface area contributed by atoms with Gasteiger partial charge in [0.1, 0.15) is 9.88 Å². The maximum Gasteiger partial charge on any atom is 0.347 e. The second kappa shape index (κ2) is 4.94. The first-order valence-electron chi connectivity index (χ1n) is 5.79. The topological polar surface area (TPSA) is 50.2 Å².